The van der Waals surface area contributed by atoms with Gasteiger partial charge in [0.05, 0.1) is 13.5 Å². The van der Waals surface area contributed by atoms with Crippen molar-refractivity contribution in [3.8, 4) is 5.75 Å². The minimum Gasteiger partial charge on any atom is -0.496 e. The van der Waals surface area contributed by atoms with Crippen molar-refractivity contribution in [3.05, 3.63) is 65.2 Å². The number of rotatable bonds is 5. The van der Waals surface area contributed by atoms with E-state index in [9.17, 15) is 4.79 Å². The minimum atomic E-state index is -0.236. The molecule has 2 rings (SSSR count). The third-order valence-corrected chi connectivity index (χ3v) is 3.02. The Morgan fingerprint density at radius 2 is 1.85 bits per heavy atom. The number of aryl methyl sites for hydroxylation is 1. The molecule has 3 heteroatoms. The molecule has 0 heterocycles. The number of hydrogen-bond donors (Lipinski definition) is 0. The lowest BCUT2D eigenvalue weighted by molar-refractivity contribution is -0.144. The monoisotopic (exact) mass is 270 g/mol. The molecule has 20 heavy (non-hydrogen) atoms. The van der Waals surface area contributed by atoms with E-state index in [0.717, 1.165) is 22.4 Å². The van der Waals surface area contributed by atoms with Crippen molar-refractivity contribution in [2.45, 2.75) is 20.0 Å². The van der Waals surface area contributed by atoms with Gasteiger partial charge >= 0.3 is 5.97 Å². The Labute approximate surface area is 119 Å². The molecule has 2 aromatic carbocycles. The van der Waals surface area contributed by atoms with Crippen molar-refractivity contribution in [1.29, 1.82) is 0 Å². The number of carbonyl (C=O) groups excluding carboxylic acids is 1. The molecule has 0 unspecified atom stereocenters. The third kappa shape index (κ3) is 3.85. The van der Waals surface area contributed by atoms with Crippen LogP contribution in [0.25, 0.3) is 0 Å². The van der Waals surface area contributed by atoms with E-state index in [2.05, 4.69) is 0 Å². The fraction of sp³-hybridized carbons (Fsp3) is 0.235. The van der Waals surface area contributed by atoms with Crippen molar-refractivity contribution in [1.82, 2.24) is 0 Å². The summed E-state index contributed by atoms with van der Waals surface area (Å²) in [6.45, 7) is 2.23. The molecule has 0 spiro atoms. The SMILES string of the molecule is COc1ccc(C)cc1COC(=O)Cc1ccccc1. The Morgan fingerprint density at radius 3 is 2.55 bits per heavy atom. The number of benzene rings is 2. The van der Waals surface area contributed by atoms with Crippen LogP contribution in [-0.2, 0) is 22.6 Å². The number of esters is 1. The van der Waals surface area contributed by atoms with Gasteiger partial charge in [-0.1, -0.05) is 42.0 Å². The molecule has 0 saturated carbocycles. The van der Waals surface area contributed by atoms with E-state index in [-0.39, 0.29) is 19.0 Å². The van der Waals surface area contributed by atoms with E-state index in [0.29, 0.717) is 0 Å². The van der Waals surface area contributed by atoms with Gasteiger partial charge in [-0.15, -0.1) is 0 Å². The van der Waals surface area contributed by atoms with E-state index in [4.69, 9.17) is 9.47 Å². The Kier molecular flexibility index (Phi) is 4.77. The second-order valence-electron chi connectivity index (χ2n) is 4.64. The average Bonchev–Trinajstić information content (AvgIpc) is 2.46. The predicted molar refractivity (Wildman–Crippen MR) is 77.7 cm³/mol. The van der Waals surface area contributed by atoms with Gasteiger partial charge in [0.1, 0.15) is 12.4 Å². The topological polar surface area (TPSA) is 35.5 Å². The summed E-state index contributed by atoms with van der Waals surface area (Å²) in [7, 11) is 1.61. The first-order chi connectivity index (χ1) is 9.69. The molecule has 0 N–H and O–H groups in total. The van der Waals surface area contributed by atoms with Crippen molar-refractivity contribution in [2.75, 3.05) is 7.11 Å². The maximum Gasteiger partial charge on any atom is 0.310 e. The molecular formula is C17H18O3. The summed E-state index contributed by atoms with van der Waals surface area (Å²) < 4.78 is 10.6. The lowest BCUT2D eigenvalue weighted by atomic mass is 10.1. The van der Waals surface area contributed by atoms with Crippen LogP contribution in [0.15, 0.2) is 48.5 Å². The van der Waals surface area contributed by atoms with Gasteiger partial charge in [0, 0.05) is 5.56 Å². The van der Waals surface area contributed by atoms with Crippen LogP contribution in [0.4, 0.5) is 0 Å². The van der Waals surface area contributed by atoms with Gasteiger partial charge in [-0.2, -0.15) is 0 Å². The predicted octanol–water partition coefficient (Wildman–Crippen LogP) is 3.29. The summed E-state index contributed by atoms with van der Waals surface area (Å²) in [5.74, 6) is 0.503. The molecule has 0 saturated heterocycles. The van der Waals surface area contributed by atoms with Gasteiger partial charge < -0.3 is 9.47 Å². The number of carbonyl (C=O) groups is 1. The molecule has 0 atom stereocenters. The highest BCUT2D eigenvalue weighted by molar-refractivity contribution is 5.72. The molecule has 0 aliphatic heterocycles. The average molecular weight is 270 g/mol. The fourth-order valence-electron chi connectivity index (χ4n) is 1.99. The quantitative estimate of drug-likeness (QED) is 0.782. The van der Waals surface area contributed by atoms with Crippen LogP contribution in [-0.4, -0.2) is 13.1 Å². The van der Waals surface area contributed by atoms with Gasteiger partial charge in [-0.3, -0.25) is 4.79 Å². The standard InChI is InChI=1S/C17H18O3/c1-13-8-9-16(19-2)15(10-13)12-20-17(18)11-14-6-4-3-5-7-14/h3-10H,11-12H2,1-2H3. The Morgan fingerprint density at radius 1 is 1.10 bits per heavy atom. The maximum absolute atomic E-state index is 11.8. The molecule has 0 amide bonds. The van der Waals surface area contributed by atoms with Crippen LogP contribution in [0, 0.1) is 6.92 Å². The summed E-state index contributed by atoms with van der Waals surface area (Å²) in [5.41, 5.74) is 2.95. The Balaban J connectivity index is 1.95. The molecule has 0 aliphatic carbocycles. The molecule has 0 bridgehead atoms. The lowest BCUT2D eigenvalue weighted by Gasteiger charge is -2.10. The van der Waals surface area contributed by atoms with E-state index in [1.807, 2.05) is 55.5 Å². The van der Waals surface area contributed by atoms with Crippen LogP contribution in [0.3, 0.4) is 0 Å². The first kappa shape index (κ1) is 14.1. The van der Waals surface area contributed by atoms with Gasteiger partial charge in [0.25, 0.3) is 0 Å². The Hall–Kier alpha value is -2.29. The van der Waals surface area contributed by atoms with Crippen LogP contribution in [0.1, 0.15) is 16.7 Å². The number of ether oxygens (including phenoxy) is 2. The summed E-state index contributed by atoms with van der Waals surface area (Å²) in [5, 5.41) is 0. The lowest BCUT2D eigenvalue weighted by Crippen LogP contribution is -2.08. The van der Waals surface area contributed by atoms with Gasteiger partial charge in [-0.25, -0.2) is 0 Å². The second-order valence-corrected chi connectivity index (χ2v) is 4.64. The molecule has 0 aromatic heterocycles. The summed E-state index contributed by atoms with van der Waals surface area (Å²) in [6.07, 6.45) is 0.287. The van der Waals surface area contributed by atoms with E-state index < -0.39 is 0 Å². The first-order valence-electron chi connectivity index (χ1n) is 6.52. The van der Waals surface area contributed by atoms with E-state index >= 15 is 0 Å². The molecular weight excluding hydrogens is 252 g/mol. The summed E-state index contributed by atoms with van der Waals surface area (Å²) in [6, 6.07) is 15.4. The zero-order valence-corrected chi connectivity index (χ0v) is 11.8. The first-order valence-corrected chi connectivity index (χ1v) is 6.52. The van der Waals surface area contributed by atoms with E-state index in [1.165, 1.54) is 0 Å². The van der Waals surface area contributed by atoms with Crippen LogP contribution >= 0.6 is 0 Å². The zero-order valence-electron chi connectivity index (χ0n) is 11.8. The minimum absolute atomic E-state index is 0.233. The van der Waals surface area contributed by atoms with Gasteiger partial charge in [0.15, 0.2) is 0 Å². The third-order valence-electron chi connectivity index (χ3n) is 3.02. The van der Waals surface area contributed by atoms with E-state index in [1.54, 1.807) is 7.11 Å². The molecule has 0 aliphatic rings. The van der Waals surface area contributed by atoms with Crippen molar-refractivity contribution in [3.63, 3.8) is 0 Å². The second kappa shape index (κ2) is 6.75. The fourth-order valence-corrected chi connectivity index (χ4v) is 1.99. The van der Waals surface area contributed by atoms with Crippen LogP contribution in [0.2, 0.25) is 0 Å². The number of hydrogen-bond acceptors (Lipinski definition) is 3. The largest absolute Gasteiger partial charge is 0.496 e. The normalized spacial score (nSPS) is 10.1. The van der Waals surface area contributed by atoms with Gasteiger partial charge in [-0.05, 0) is 24.6 Å². The molecule has 104 valence electrons. The highest BCUT2D eigenvalue weighted by atomic mass is 16.5. The van der Waals surface area contributed by atoms with Crippen molar-refractivity contribution < 1.29 is 14.3 Å². The molecule has 0 radical (unpaired) electrons. The molecule has 0 fully saturated rings. The number of methoxy groups -OCH3 is 1. The molecule has 3 nitrogen and oxygen atoms in total. The highest BCUT2D eigenvalue weighted by Crippen LogP contribution is 2.20. The van der Waals surface area contributed by atoms with Crippen molar-refractivity contribution >= 4 is 5.97 Å². The highest BCUT2D eigenvalue weighted by Gasteiger charge is 2.08. The summed E-state index contributed by atoms with van der Waals surface area (Å²) >= 11 is 0. The maximum atomic E-state index is 11.8. The zero-order chi connectivity index (χ0) is 14.4. The van der Waals surface area contributed by atoms with Crippen LogP contribution < -0.4 is 4.74 Å². The van der Waals surface area contributed by atoms with Crippen LogP contribution in [0.5, 0.6) is 5.75 Å². The smallest absolute Gasteiger partial charge is 0.310 e. The Bertz CT molecular complexity index is 576. The van der Waals surface area contributed by atoms with Gasteiger partial charge in [0.2, 0.25) is 0 Å². The van der Waals surface area contributed by atoms with Crippen molar-refractivity contribution in [2.24, 2.45) is 0 Å². The summed E-state index contributed by atoms with van der Waals surface area (Å²) in [4.78, 5) is 11.8. The molecule has 2 aromatic rings.